The molecule has 4 heterocycles. The van der Waals surface area contributed by atoms with Crippen molar-refractivity contribution in [3.8, 4) is 11.3 Å². The van der Waals surface area contributed by atoms with E-state index in [1.54, 1.807) is 35.1 Å². The first-order valence-electron chi connectivity index (χ1n) is 7.56. The summed E-state index contributed by atoms with van der Waals surface area (Å²) in [5, 5.41) is 4.72. The van der Waals surface area contributed by atoms with Crippen LogP contribution in [-0.2, 0) is 0 Å². The lowest BCUT2D eigenvalue weighted by atomic mass is 10.1. The molecule has 122 valence electrons. The maximum absolute atomic E-state index is 12.8. The van der Waals surface area contributed by atoms with Gasteiger partial charge in [0.05, 0.1) is 17.5 Å². The first kappa shape index (κ1) is 15.4. The molecular formula is C18H12ClN5O. The fourth-order valence-electron chi connectivity index (χ4n) is 2.64. The van der Waals surface area contributed by atoms with Gasteiger partial charge < -0.3 is 0 Å². The molecule has 0 bridgehead atoms. The number of ketones is 1. The summed E-state index contributed by atoms with van der Waals surface area (Å²) in [4.78, 5) is 25.4. The molecule has 0 saturated heterocycles. The highest BCUT2D eigenvalue weighted by molar-refractivity contribution is 6.29. The zero-order valence-corrected chi connectivity index (χ0v) is 14.0. The number of fused-ring (bicyclic) bond motifs is 1. The summed E-state index contributed by atoms with van der Waals surface area (Å²) in [6, 6.07) is 10.7. The molecule has 0 unspecified atom stereocenters. The molecular weight excluding hydrogens is 338 g/mol. The monoisotopic (exact) mass is 349 g/mol. The summed E-state index contributed by atoms with van der Waals surface area (Å²) in [6.07, 6.45) is 4.78. The number of carbonyl (C=O) groups is 1. The van der Waals surface area contributed by atoms with Crippen molar-refractivity contribution in [1.29, 1.82) is 0 Å². The average Bonchev–Trinajstić information content (AvgIpc) is 3.05. The highest BCUT2D eigenvalue weighted by atomic mass is 35.5. The molecule has 7 heteroatoms. The summed E-state index contributed by atoms with van der Waals surface area (Å²) < 4.78 is 1.62. The van der Waals surface area contributed by atoms with Crippen LogP contribution in [0, 0.1) is 6.92 Å². The van der Waals surface area contributed by atoms with E-state index in [0.717, 1.165) is 17.0 Å². The van der Waals surface area contributed by atoms with Gasteiger partial charge in [0.15, 0.2) is 5.65 Å². The summed E-state index contributed by atoms with van der Waals surface area (Å²) in [5.74, 6) is -0.212. The minimum absolute atomic E-state index is 0.212. The number of carbonyl (C=O) groups excluding carboxylic acids is 1. The van der Waals surface area contributed by atoms with Crippen LogP contribution in [0.5, 0.6) is 0 Å². The van der Waals surface area contributed by atoms with E-state index in [4.69, 9.17) is 11.6 Å². The second-order valence-electron chi connectivity index (χ2n) is 5.48. The standard InChI is InChI=1S/C18H12ClN5O/c1-11-3-2-4-14(23-11)17(25)13-10-22-24-15(6-8-21-18(13)24)12-5-7-20-16(19)9-12/h2-10H,1H3. The number of nitrogens with zero attached hydrogens (tertiary/aromatic N) is 5. The molecule has 0 aromatic carbocycles. The Morgan fingerprint density at radius 2 is 1.96 bits per heavy atom. The molecule has 0 atom stereocenters. The number of aromatic nitrogens is 5. The van der Waals surface area contributed by atoms with Gasteiger partial charge in [-0.3, -0.25) is 4.79 Å². The third kappa shape index (κ3) is 2.77. The smallest absolute Gasteiger partial charge is 0.216 e. The molecule has 6 nitrogen and oxygen atoms in total. The van der Waals surface area contributed by atoms with Crippen molar-refractivity contribution in [2.75, 3.05) is 0 Å². The molecule has 4 aromatic heterocycles. The molecule has 0 fully saturated rings. The van der Waals surface area contributed by atoms with Crippen LogP contribution in [0.3, 0.4) is 0 Å². The van der Waals surface area contributed by atoms with E-state index in [-0.39, 0.29) is 5.78 Å². The normalized spacial score (nSPS) is 11.0. The lowest BCUT2D eigenvalue weighted by Crippen LogP contribution is -2.05. The van der Waals surface area contributed by atoms with Crippen molar-refractivity contribution in [2.24, 2.45) is 0 Å². The van der Waals surface area contributed by atoms with Gasteiger partial charge in [0, 0.05) is 23.7 Å². The molecule has 0 spiro atoms. The van der Waals surface area contributed by atoms with Gasteiger partial charge >= 0.3 is 0 Å². The Balaban J connectivity index is 1.86. The summed E-state index contributed by atoms with van der Waals surface area (Å²) in [7, 11) is 0. The quantitative estimate of drug-likeness (QED) is 0.419. The third-order valence-corrected chi connectivity index (χ3v) is 4.00. The number of hydrogen-bond donors (Lipinski definition) is 0. The van der Waals surface area contributed by atoms with Gasteiger partial charge in [0.25, 0.3) is 0 Å². The Kier molecular flexibility index (Phi) is 3.74. The van der Waals surface area contributed by atoms with E-state index >= 15 is 0 Å². The molecule has 0 aliphatic carbocycles. The Morgan fingerprint density at radius 3 is 2.76 bits per heavy atom. The molecule has 4 rings (SSSR count). The number of rotatable bonds is 3. The SMILES string of the molecule is Cc1cccc(C(=O)c2cnn3c(-c4ccnc(Cl)c4)ccnc23)n1. The maximum atomic E-state index is 12.8. The summed E-state index contributed by atoms with van der Waals surface area (Å²) in [6.45, 7) is 1.84. The number of halogens is 1. The first-order valence-corrected chi connectivity index (χ1v) is 7.94. The minimum Gasteiger partial charge on any atom is -0.287 e. The van der Waals surface area contributed by atoms with E-state index in [0.29, 0.717) is 22.1 Å². The summed E-state index contributed by atoms with van der Waals surface area (Å²) >= 11 is 5.98. The topological polar surface area (TPSA) is 73.0 Å². The van der Waals surface area contributed by atoms with Crippen LogP contribution in [0.25, 0.3) is 16.9 Å². The molecule has 0 saturated carbocycles. The predicted octanol–water partition coefficient (Wildman–Crippen LogP) is 3.38. The molecule has 0 aliphatic rings. The number of aryl methyl sites for hydroxylation is 1. The van der Waals surface area contributed by atoms with Crippen LogP contribution in [0.1, 0.15) is 21.7 Å². The van der Waals surface area contributed by atoms with Crippen molar-refractivity contribution >= 4 is 23.0 Å². The van der Waals surface area contributed by atoms with Gasteiger partial charge in [-0.25, -0.2) is 19.5 Å². The van der Waals surface area contributed by atoms with Gasteiger partial charge in [-0.15, -0.1) is 0 Å². The number of pyridine rings is 2. The Labute approximate surface area is 148 Å². The van der Waals surface area contributed by atoms with Crippen molar-refractivity contribution < 1.29 is 4.79 Å². The van der Waals surface area contributed by atoms with E-state index < -0.39 is 0 Å². The minimum atomic E-state index is -0.212. The van der Waals surface area contributed by atoms with Crippen LogP contribution in [0.2, 0.25) is 5.15 Å². The van der Waals surface area contributed by atoms with Gasteiger partial charge in [-0.1, -0.05) is 17.7 Å². The van der Waals surface area contributed by atoms with Crippen LogP contribution in [0.4, 0.5) is 0 Å². The molecule has 0 N–H and O–H groups in total. The first-order chi connectivity index (χ1) is 12.1. The lowest BCUT2D eigenvalue weighted by Gasteiger charge is -2.05. The second kappa shape index (κ2) is 6.07. The molecule has 0 amide bonds. The van der Waals surface area contributed by atoms with E-state index in [1.165, 1.54) is 6.20 Å². The lowest BCUT2D eigenvalue weighted by molar-refractivity contribution is 0.103. The molecule has 25 heavy (non-hydrogen) atoms. The highest BCUT2D eigenvalue weighted by Crippen LogP contribution is 2.23. The third-order valence-electron chi connectivity index (χ3n) is 3.79. The fourth-order valence-corrected chi connectivity index (χ4v) is 2.81. The van der Waals surface area contributed by atoms with Crippen LogP contribution >= 0.6 is 11.6 Å². The van der Waals surface area contributed by atoms with Gasteiger partial charge in [0.2, 0.25) is 5.78 Å². The van der Waals surface area contributed by atoms with Crippen molar-refractivity contribution in [2.45, 2.75) is 6.92 Å². The van der Waals surface area contributed by atoms with Gasteiger partial charge in [0.1, 0.15) is 10.8 Å². The fraction of sp³-hybridized carbons (Fsp3) is 0.0556. The Hall–Kier alpha value is -3.12. The van der Waals surface area contributed by atoms with Gasteiger partial charge in [-0.2, -0.15) is 5.10 Å². The van der Waals surface area contributed by atoms with Crippen molar-refractivity contribution in [3.05, 3.63) is 77.1 Å². The van der Waals surface area contributed by atoms with Crippen molar-refractivity contribution in [1.82, 2.24) is 24.6 Å². The number of hydrogen-bond acceptors (Lipinski definition) is 5. The van der Waals surface area contributed by atoms with Crippen LogP contribution in [-0.4, -0.2) is 30.3 Å². The van der Waals surface area contributed by atoms with Crippen molar-refractivity contribution in [3.63, 3.8) is 0 Å². The second-order valence-corrected chi connectivity index (χ2v) is 5.87. The van der Waals surface area contributed by atoms with Crippen LogP contribution < -0.4 is 0 Å². The van der Waals surface area contributed by atoms with Crippen LogP contribution in [0.15, 0.2) is 55.0 Å². The summed E-state index contributed by atoms with van der Waals surface area (Å²) in [5.41, 5.74) is 3.63. The largest absolute Gasteiger partial charge is 0.287 e. The highest BCUT2D eigenvalue weighted by Gasteiger charge is 2.18. The van der Waals surface area contributed by atoms with E-state index in [9.17, 15) is 4.79 Å². The zero-order valence-electron chi connectivity index (χ0n) is 13.2. The molecule has 0 radical (unpaired) electrons. The van der Waals surface area contributed by atoms with E-state index in [2.05, 4.69) is 20.1 Å². The molecule has 0 aliphatic heterocycles. The Bertz CT molecular complexity index is 1110. The predicted molar refractivity (Wildman–Crippen MR) is 93.6 cm³/mol. The molecule has 4 aromatic rings. The van der Waals surface area contributed by atoms with E-state index in [1.807, 2.05) is 25.1 Å². The maximum Gasteiger partial charge on any atom is 0.216 e. The zero-order chi connectivity index (χ0) is 17.4. The Morgan fingerprint density at radius 1 is 1.12 bits per heavy atom. The average molecular weight is 350 g/mol. The van der Waals surface area contributed by atoms with Gasteiger partial charge in [-0.05, 0) is 37.3 Å².